The van der Waals surface area contributed by atoms with Gasteiger partial charge in [-0.3, -0.25) is 0 Å². The van der Waals surface area contributed by atoms with Gasteiger partial charge in [-0.2, -0.15) is 10.3 Å². The number of nitrogens with zero attached hydrogens (tertiary/aromatic N) is 2. The highest BCUT2D eigenvalue weighted by Gasteiger charge is 2.11. The van der Waals surface area contributed by atoms with Crippen LogP contribution in [0.2, 0.25) is 10.0 Å². The standard InChI is InChI=1S/C12H13Cl2N3/c1-3-12(16-7-15)17-8(2)10-5-4-9(13)6-11(10)14/h4-6,8H,3H2,1-2H3,(H,16,17). The van der Waals surface area contributed by atoms with Crippen LogP contribution in [0.5, 0.6) is 0 Å². The monoisotopic (exact) mass is 269 g/mol. The van der Waals surface area contributed by atoms with Gasteiger partial charge in [-0.1, -0.05) is 36.2 Å². The van der Waals surface area contributed by atoms with Crippen molar-refractivity contribution in [2.75, 3.05) is 0 Å². The van der Waals surface area contributed by atoms with Crippen molar-refractivity contribution in [1.82, 2.24) is 5.32 Å². The van der Waals surface area contributed by atoms with Crippen LogP contribution in [-0.2, 0) is 0 Å². The Hall–Kier alpha value is -1.24. The molecule has 90 valence electrons. The SMILES string of the molecule is CC/C(=N\C#N)NC(C)c1ccc(Cl)cc1Cl. The number of nitriles is 1. The van der Waals surface area contributed by atoms with Crippen molar-refractivity contribution in [1.29, 1.82) is 5.26 Å². The molecule has 3 nitrogen and oxygen atoms in total. The molecule has 0 bridgehead atoms. The summed E-state index contributed by atoms with van der Waals surface area (Å²) < 4.78 is 0. The molecule has 0 amide bonds. The van der Waals surface area contributed by atoms with Crippen LogP contribution in [0.25, 0.3) is 0 Å². The molecule has 1 unspecified atom stereocenters. The van der Waals surface area contributed by atoms with E-state index >= 15 is 0 Å². The van der Waals surface area contributed by atoms with Gasteiger partial charge in [0.05, 0.1) is 6.04 Å². The second kappa shape index (κ2) is 6.48. The molecule has 0 spiro atoms. The first-order valence-corrected chi connectivity index (χ1v) is 6.01. The molecule has 0 aliphatic heterocycles. The van der Waals surface area contributed by atoms with Gasteiger partial charge < -0.3 is 5.32 Å². The van der Waals surface area contributed by atoms with Crippen LogP contribution in [-0.4, -0.2) is 5.84 Å². The summed E-state index contributed by atoms with van der Waals surface area (Å²) in [5, 5.41) is 12.9. The van der Waals surface area contributed by atoms with Gasteiger partial charge in [-0.25, -0.2) is 0 Å². The molecule has 0 aliphatic carbocycles. The molecule has 0 radical (unpaired) electrons. The van der Waals surface area contributed by atoms with E-state index in [1.165, 1.54) is 0 Å². The quantitative estimate of drug-likeness (QED) is 0.514. The molecule has 0 fully saturated rings. The molecular weight excluding hydrogens is 257 g/mol. The van der Waals surface area contributed by atoms with E-state index in [0.29, 0.717) is 22.3 Å². The van der Waals surface area contributed by atoms with Gasteiger partial charge in [-0.05, 0) is 24.6 Å². The Morgan fingerprint density at radius 1 is 1.53 bits per heavy atom. The van der Waals surface area contributed by atoms with E-state index in [1.807, 2.05) is 19.9 Å². The number of rotatable bonds is 3. The summed E-state index contributed by atoms with van der Waals surface area (Å²) in [6, 6.07) is 5.33. The lowest BCUT2D eigenvalue weighted by Crippen LogP contribution is -2.26. The van der Waals surface area contributed by atoms with Crippen molar-refractivity contribution in [3.05, 3.63) is 33.8 Å². The van der Waals surface area contributed by atoms with Crippen molar-refractivity contribution in [2.24, 2.45) is 4.99 Å². The zero-order valence-corrected chi connectivity index (χ0v) is 11.2. The normalized spacial score (nSPS) is 13.0. The van der Waals surface area contributed by atoms with Gasteiger partial charge >= 0.3 is 0 Å². The molecule has 0 aromatic heterocycles. The predicted octanol–water partition coefficient (Wildman–Crippen LogP) is 3.93. The van der Waals surface area contributed by atoms with Gasteiger partial charge in [0.15, 0.2) is 0 Å². The number of hydrogen-bond acceptors (Lipinski definition) is 2. The minimum Gasteiger partial charge on any atom is -0.366 e. The van der Waals surface area contributed by atoms with Crippen LogP contribution < -0.4 is 5.32 Å². The molecule has 0 heterocycles. The van der Waals surface area contributed by atoms with Crippen LogP contribution in [0.1, 0.15) is 31.9 Å². The van der Waals surface area contributed by atoms with E-state index in [1.54, 1.807) is 18.3 Å². The van der Waals surface area contributed by atoms with E-state index in [4.69, 9.17) is 28.5 Å². The third-order valence-electron chi connectivity index (χ3n) is 2.33. The summed E-state index contributed by atoms with van der Waals surface area (Å²) in [5.41, 5.74) is 0.926. The Balaban J connectivity index is 2.87. The highest BCUT2D eigenvalue weighted by Crippen LogP contribution is 2.26. The lowest BCUT2D eigenvalue weighted by Gasteiger charge is -2.17. The highest BCUT2D eigenvalue weighted by molar-refractivity contribution is 6.35. The van der Waals surface area contributed by atoms with Crippen LogP contribution >= 0.6 is 23.2 Å². The second-order valence-electron chi connectivity index (χ2n) is 3.54. The molecule has 1 rings (SSSR count). The Kier molecular flexibility index (Phi) is 5.27. The fourth-order valence-electron chi connectivity index (χ4n) is 1.45. The first-order valence-electron chi connectivity index (χ1n) is 5.25. The zero-order chi connectivity index (χ0) is 12.8. The fraction of sp³-hybridized carbons (Fsp3) is 0.333. The van der Waals surface area contributed by atoms with Crippen molar-refractivity contribution in [2.45, 2.75) is 26.3 Å². The molecule has 0 aliphatic rings. The topological polar surface area (TPSA) is 48.2 Å². The van der Waals surface area contributed by atoms with E-state index in [-0.39, 0.29) is 6.04 Å². The number of nitrogens with one attached hydrogen (secondary N) is 1. The Labute approximate surface area is 111 Å². The summed E-state index contributed by atoms with van der Waals surface area (Å²) in [7, 11) is 0. The minimum atomic E-state index is -0.0215. The van der Waals surface area contributed by atoms with Crippen molar-refractivity contribution < 1.29 is 0 Å². The van der Waals surface area contributed by atoms with Gasteiger partial charge in [-0.15, -0.1) is 0 Å². The lowest BCUT2D eigenvalue weighted by atomic mass is 10.1. The first kappa shape index (κ1) is 13.8. The largest absolute Gasteiger partial charge is 0.366 e. The van der Waals surface area contributed by atoms with Crippen molar-refractivity contribution >= 4 is 29.0 Å². The zero-order valence-electron chi connectivity index (χ0n) is 9.67. The average Bonchev–Trinajstić information content (AvgIpc) is 2.28. The Morgan fingerprint density at radius 3 is 2.76 bits per heavy atom. The summed E-state index contributed by atoms with van der Waals surface area (Å²) >= 11 is 11.9. The highest BCUT2D eigenvalue weighted by atomic mass is 35.5. The lowest BCUT2D eigenvalue weighted by molar-refractivity contribution is 0.707. The summed E-state index contributed by atoms with van der Waals surface area (Å²) in [6.45, 7) is 3.89. The van der Waals surface area contributed by atoms with E-state index in [2.05, 4.69) is 10.3 Å². The predicted molar refractivity (Wildman–Crippen MR) is 71.4 cm³/mol. The van der Waals surface area contributed by atoms with Gasteiger partial charge in [0.1, 0.15) is 5.84 Å². The maximum Gasteiger partial charge on any atom is 0.207 e. The molecule has 1 aromatic carbocycles. The van der Waals surface area contributed by atoms with Crippen LogP contribution in [0.4, 0.5) is 0 Å². The van der Waals surface area contributed by atoms with Crippen molar-refractivity contribution in [3.63, 3.8) is 0 Å². The molecular formula is C12H13Cl2N3. The third kappa shape index (κ3) is 3.92. The van der Waals surface area contributed by atoms with E-state index < -0.39 is 0 Å². The number of amidine groups is 1. The van der Waals surface area contributed by atoms with E-state index in [0.717, 1.165) is 5.56 Å². The number of aliphatic imine (C=N–C) groups is 1. The van der Waals surface area contributed by atoms with Crippen LogP contribution in [0, 0.1) is 11.5 Å². The summed E-state index contributed by atoms with van der Waals surface area (Å²) in [4.78, 5) is 3.70. The molecule has 0 saturated heterocycles. The molecule has 17 heavy (non-hydrogen) atoms. The van der Waals surface area contributed by atoms with Crippen LogP contribution in [0.15, 0.2) is 23.2 Å². The molecule has 1 N–H and O–H groups in total. The number of benzene rings is 1. The molecule has 0 saturated carbocycles. The Bertz CT molecular complexity index is 463. The number of hydrogen-bond donors (Lipinski definition) is 1. The first-order chi connectivity index (χ1) is 8.08. The van der Waals surface area contributed by atoms with E-state index in [9.17, 15) is 0 Å². The van der Waals surface area contributed by atoms with Gasteiger partial charge in [0.2, 0.25) is 6.19 Å². The second-order valence-corrected chi connectivity index (χ2v) is 4.39. The molecule has 5 heteroatoms. The maximum atomic E-state index is 8.52. The van der Waals surface area contributed by atoms with Gasteiger partial charge in [0, 0.05) is 16.5 Å². The number of halogens is 2. The van der Waals surface area contributed by atoms with Gasteiger partial charge in [0.25, 0.3) is 0 Å². The summed E-state index contributed by atoms with van der Waals surface area (Å²) in [5.74, 6) is 0.644. The average molecular weight is 270 g/mol. The maximum absolute atomic E-state index is 8.52. The fourth-order valence-corrected chi connectivity index (χ4v) is 2.03. The smallest absolute Gasteiger partial charge is 0.207 e. The minimum absolute atomic E-state index is 0.0215. The Morgan fingerprint density at radius 2 is 2.24 bits per heavy atom. The molecule has 1 atom stereocenters. The third-order valence-corrected chi connectivity index (χ3v) is 2.89. The summed E-state index contributed by atoms with van der Waals surface area (Å²) in [6.07, 6.45) is 2.44. The molecule has 1 aromatic rings. The van der Waals surface area contributed by atoms with Crippen molar-refractivity contribution in [3.8, 4) is 6.19 Å². The van der Waals surface area contributed by atoms with Crippen LogP contribution in [0.3, 0.4) is 0 Å².